The van der Waals surface area contributed by atoms with Crippen molar-refractivity contribution < 1.29 is 9.59 Å². The molecule has 1 heterocycles. The lowest BCUT2D eigenvalue weighted by atomic mass is 9.89. The number of primary amides is 1. The van der Waals surface area contributed by atoms with Crippen LogP contribution in [0.1, 0.15) is 32.6 Å². The van der Waals surface area contributed by atoms with Crippen molar-refractivity contribution in [1.82, 2.24) is 4.90 Å². The number of nitrogens with two attached hydrogens (primary N) is 1. The van der Waals surface area contributed by atoms with Gasteiger partial charge in [0.1, 0.15) is 0 Å². The minimum Gasteiger partial charge on any atom is -0.369 e. The average Bonchev–Trinajstić information content (AvgIpc) is 2.63. The molecule has 2 amide bonds. The molecule has 1 unspecified atom stereocenters. The first kappa shape index (κ1) is 13.3. The lowest BCUT2D eigenvalue weighted by Crippen LogP contribution is -2.38. The van der Waals surface area contributed by atoms with Gasteiger partial charge in [-0.25, -0.2) is 0 Å². The van der Waals surface area contributed by atoms with Crippen molar-refractivity contribution in [2.45, 2.75) is 32.6 Å². The van der Waals surface area contributed by atoms with Crippen LogP contribution in [0.2, 0.25) is 0 Å². The summed E-state index contributed by atoms with van der Waals surface area (Å²) in [7, 11) is 0. The highest BCUT2D eigenvalue weighted by atomic mass is 35.5. The quantitative estimate of drug-likeness (QED) is 0.584. The summed E-state index contributed by atoms with van der Waals surface area (Å²) >= 11 is 5.55. The summed E-state index contributed by atoms with van der Waals surface area (Å²) < 4.78 is 0. The third kappa shape index (κ3) is 3.11. The van der Waals surface area contributed by atoms with E-state index in [4.69, 9.17) is 17.3 Å². The molecule has 0 spiro atoms. The maximum Gasteiger partial charge on any atom is 0.225 e. The first-order valence-electron chi connectivity index (χ1n) is 5.63. The van der Waals surface area contributed by atoms with Gasteiger partial charge in [-0.15, -0.1) is 11.6 Å². The Labute approximate surface area is 101 Å². The zero-order chi connectivity index (χ0) is 12.2. The average molecular weight is 247 g/mol. The number of unbranched alkanes of at least 4 members (excludes halogenated alkanes) is 1. The van der Waals surface area contributed by atoms with E-state index in [0.29, 0.717) is 31.8 Å². The Balaban J connectivity index is 2.41. The fourth-order valence-corrected chi connectivity index (χ4v) is 2.09. The molecule has 1 fully saturated rings. The third-order valence-corrected chi connectivity index (χ3v) is 3.46. The summed E-state index contributed by atoms with van der Waals surface area (Å²) in [5.74, 6) is 0.380. The topological polar surface area (TPSA) is 63.4 Å². The van der Waals surface area contributed by atoms with E-state index in [9.17, 15) is 9.59 Å². The summed E-state index contributed by atoms with van der Waals surface area (Å²) in [5.41, 5.74) is 4.78. The maximum absolute atomic E-state index is 11.8. The van der Waals surface area contributed by atoms with Crippen LogP contribution in [0, 0.1) is 5.41 Å². The second-order valence-corrected chi connectivity index (χ2v) is 5.01. The first-order chi connectivity index (χ1) is 7.49. The van der Waals surface area contributed by atoms with Crippen LogP contribution < -0.4 is 5.73 Å². The molecule has 1 rings (SSSR count). The molecule has 2 N–H and O–H groups in total. The van der Waals surface area contributed by atoms with E-state index in [1.54, 1.807) is 4.90 Å². The molecule has 0 aromatic carbocycles. The van der Waals surface area contributed by atoms with Crippen molar-refractivity contribution in [3.8, 4) is 0 Å². The van der Waals surface area contributed by atoms with E-state index < -0.39 is 5.41 Å². The van der Waals surface area contributed by atoms with E-state index in [2.05, 4.69) is 0 Å². The molecule has 4 nitrogen and oxygen atoms in total. The normalized spacial score (nSPS) is 24.8. The van der Waals surface area contributed by atoms with Crippen LogP contribution in [0.4, 0.5) is 0 Å². The molecule has 16 heavy (non-hydrogen) atoms. The van der Waals surface area contributed by atoms with Crippen LogP contribution in [-0.4, -0.2) is 35.7 Å². The molecule has 0 saturated carbocycles. The molecule has 5 heteroatoms. The number of alkyl halides is 1. The van der Waals surface area contributed by atoms with Gasteiger partial charge in [-0.1, -0.05) is 0 Å². The molecule has 0 bridgehead atoms. The molecular formula is C11H19ClN2O2. The van der Waals surface area contributed by atoms with Gasteiger partial charge in [-0.3, -0.25) is 9.59 Å². The standard InChI is InChI=1S/C11H19ClN2O2/c1-11(10(13)16)5-7-14(8-11)9(15)4-2-3-6-12/h2-8H2,1H3,(H2,13,16). The van der Waals surface area contributed by atoms with Gasteiger partial charge in [-0.05, 0) is 26.2 Å². The summed E-state index contributed by atoms with van der Waals surface area (Å²) in [6.45, 7) is 2.92. The monoisotopic (exact) mass is 246 g/mol. The molecule has 1 aliphatic heterocycles. The minimum absolute atomic E-state index is 0.107. The number of carbonyl (C=O) groups is 2. The van der Waals surface area contributed by atoms with E-state index in [1.165, 1.54) is 0 Å². The Hall–Kier alpha value is -0.770. The van der Waals surface area contributed by atoms with Gasteiger partial charge in [-0.2, -0.15) is 0 Å². The van der Waals surface area contributed by atoms with Gasteiger partial charge in [0, 0.05) is 25.4 Å². The third-order valence-electron chi connectivity index (χ3n) is 3.20. The fraction of sp³-hybridized carbons (Fsp3) is 0.818. The molecule has 0 radical (unpaired) electrons. The van der Waals surface area contributed by atoms with Crippen molar-refractivity contribution in [3.05, 3.63) is 0 Å². The van der Waals surface area contributed by atoms with Gasteiger partial charge >= 0.3 is 0 Å². The van der Waals surface area contributed by atoms with Crippen LogP contribution in [0.5, 0.6) is 0 Å². The number of rotatable bonds is 5. The zero-order valence-electron chi connectivity index (χ0n) is 9.67. The Morgan fingerprint density at radius 1 is 1.44 bits per heavy atom. The van der Waals surface area contributed by atoms with Crippen LogP contribution in [0.15, 0.2) is 0 Å². The number of carbonyl (C=O) groups excluding carboxylic acids is 2. The van der Waals surface area contributed by atoms with E-state index in [-0.39, 0.29) is 11.8 Å². The predicted octanol–water partition coefficient (Wildman–Crippen LogP) is 1.12. The van der Waals surface area contributed by atoms with Gasteiger partial charge in [0.05, 0.1) is 5.41 Å². The van der Waals surface area contributed by atoms with Crippen molar-refractivity contribution in [1.29, 1.82) is 0 Å². The second kappa shape index (κ2) is 5.53. The Bertz CT molecular complexity index is 283. The Kier molecular flexibility index (Phi) is 4.59. The number of hydrogen-bond donors (Lipinski definition) is 1. The molecular weight excluding hydrogens is 228 g/mol. The second-order valence-electron chi connectivity index (χ2n) is 4.64. The van der Waals surface area contributed by atoms with Crippen molar-refractivity contribution in [2.24, 2.45) is 11.1 Å². The lowest BCUT2D eigenvalue weighted by Gasteiger charge is -2.21. The number of halogens is 1. The molecule has 0 aromatic heterocycles. The van der Waals surface area contributed by atoms with Crippen molar-refractivity contribution in [2.75, 3.05) is 19.0 Å². The smallest absolute Gasteiger partial charge is 0.225 e. The largest absolute Gasteiger partial charge is 0.369 e. The van der Waals surface area contributed by atoms with Crippen LogP contribution in [0.3, 0.4) is 0 Å². The zero-order valence-corrected chi connectivity index (χ0v) is 10.4. The molecule has 1 atom stereocenters. The highest BCUT2D eigenvalue weighted by Gasteiger charge is 2.40. The van der Waals surface area contributed by atoms with Gasteiger partial charge < -0.3 is 10.6 Å². The highest BCUT2D eigenvalue weighted by Crippen LogP contribution is 2.29. The summed E-state index contributed by atoms with van der Waals surface area (Å²) in [5, 5.41) is 0. The van der Waals surface area contributed by atoms with Crippen LogP contribution in [0.25, 0.3) is 0 Å². The molecule has 1 saturated heterocycles. The molecule has 92 valence electrons. The number of hydrogen-bond acceptors (Lipinski definition) is 2. The Morgan fingerprint density at radius 2 is 2.12 bits per heavy atom. The van der Waals surface area contributed by atoms with E-state index >= 15 is 0 Å². The number of amides is 2. The van der Waals surface area contributed by atoms with Gasteiger partial charge in [0.15, 0.2) is 0 Å². The maximum atomic E-state index is 11.8. The minimum atomic E-state index is -0.540. The highest BCUT2D eigenvalue weighted by molar-refractivity contribution is 6.17. The number of nitrogens with zero attached hydrogens (tertiary/aromatic N) is 1. The van der Waals surface area contributed by atoms with Crippen molar-refractivity contribution in [3.63, 3.8) is 0 Å². The summed E-state index contributed by atoms with van der Waals surface area (Å²) in [6, 6.07) is 0. The molecule has 1 aliphatic rings. The lowest BCUT2D eigenvalue weighted by molar-refractivity contribution is -0.131. The number of likely N-dealkylation sites (tertiary alicyclic amines) is 1. The van der Waals surface area contributed by atoms with Crippen molar-refractivity contribution >= 4 is 23.4 Å². The van der Waals surface area contributed by atoms with Crippen LogP contribution >= 0.6 is 11.6 Å². The van der Waals surface area contributed by atoms with E-state index in [0.717, 1.165) is 12.8 Å². The first-order valence-corrected chi connectivity index (χ1v) is 6.17. The SMILES string of the molecule is CC1(C(N)=O)CCN(C(=O)CCCCCl)C1. The van der Waals surface area contributed by atoms with Crippen LogP contribution in [-0.2, 0) is 9.59 Å². The predicted molar refractivity (Wildman–Crippen MR) is 63.1 cm³/mol. The Morgan fingerprint density at radius 3 is 2.62 bits per heavy atom. The van der Waals surface area contributed by atoms with Gasteiger partial charge in [0.2, 0.25) is 11.8 Å². The molecule has 0 aromatic rings. The summed E-state index contributed by atoms with van der Waals surface area (Å²) in [6.07, 6.45) is 2.85. The summed E-state index contributed by atoms with van der Waals surface area (Å²) in [4.78, 5) is 24.7. The fourth-order valence-electron chi connectivity index (χ4n) is 1.90. The van der Waals surface area contributed by atoms with Gasteiger partial charge in [0.25, 0.3) is 0 Å². The molecule has 0 aliphatic carbocycles. The van der Waals surface area contributed by atoms with E-state index in [1.807, 2.05) is 6.92 Å².